The van der Waals surface area contributed by atoms with Gasteiger partial charge in [-0.2, -0.15) is 0 Å². The van der Waals surface area contributed by atoms with E-state index in [4.69, 9.17) is 11.6 Å². The second-order valence-corrected chi connectivity index (χ2v) is 6.04. The zero-order chi connectivity index (χ0) is 16.8. The topological polar surface area (TPSA) is 29.1 Å². The van der Waals surface area contributed by atoms with E-state index < -0.39 is 0 Å². The molecule has 0 unspecified atom stereocenters. The first-order valence-electron chi connectivity index (χ1n) is 7.87. The van der Waals surface area contributed by atoms with E-state index in [1.807, 2.05) is 84.9 Å². The highest BCUT2D eigenvalue weighted by Gasteiger charge is 2.17. The van der Waals surface area contributed by atoms with E-state index in [1.165, 1.54) is 0 Å². The summed E-state index contributed by atoms with van der Waals surface area (Å²) in [7, 11) is 0. The Kier molecular flexibility index (Phi) is 5.29. The maximum atomic E-state index is 12.6. The van der Waals surface area contributed by atoms with Gasteiger partial charge in [0.1, 0.15) is 0 Å². The Bertz CT molecular complexity index is 785. The highest BCUT2D eigenvalue weighted by molar-refractivity contribution is 6.30. The summed E-state index contributed by atoms with van der Waals surface area (Å²) >= 11 is 5.95. The number of hydrogen-bond acceptors (Lipinski definition) is 2. The predicted octanol–water partition coefficient (Wildman–Crippen LogP) is 5.77. The van der Waals surface area contributed by atoms with E-state index >= 15 is 0 Å². The summed E-state index contributed by atoms with van der Waals surface area (Å²) < 4.78 is 0. The Labute approximate surface area is 147 Å². The van der Waals surface area contributed by atoms with Crippen molar-refractivity contribution in [2.75, 3.05) is 5.32 Å². The lowest BCUT2D eigenvalue weighted by molar-refractivity contribution is 0.0976. The lowest BCUT2D eigenvalue weighted by Crippen LogP contribution is -2.15. The van der Waals surface area contributed by atoms with Crippen LogP contribution in [0.1, 0.15) is 28.4 Å². The Hall–Kier alpha value is -2.58. The van der Waals surface area contributed by atoms with Gasteiger partial charge in [0.05, 0.1) is 6.04 Å². The van der Waals surface area contributed by atoms with Crippen LogP contribution in [0.2, 0.25) is 5.02 Å². The van der Waals surface area contributed by atoms with Crippen molar-refractivity contribution in [3.63, 3.8) is 0 Å². The molecule has 3 rings (SSSR count). The molecule has 0 radical (unpaired) electrons. The predicted molar refractivity (Wildman–Crippen MR) is 99.6 cm³/mol. The fraction of sp³-hybridized carbons (Fsp3) is 0.0952. The van der Waals surface area contributed by atoms with Crippen LogP contribution in [-0.2, 0) is 0 Å². The van der Waals surface area contributed by atoms with Crippen LogP contribution >= 0.6 is 11.6 Å². The van der Waals surface area contributed by atoms with E-state index in [0.717, 1.165) is 16.8 Å². The number of benzene rings is 3. The van der Waals surface area contributed by atoms with Gasteiger partial charge >= 0.3 is 0 Å². The number of hydrogen-bond donors (Lipinski definition) is 1. The van der Waals surface area contributed by atoms with Crippen LogP contribution in [0.4, 0.5) is 5.69 Å². The van der Waals surface area contributed by atoms with Crippen molar-refractivity contribution in [1.29, 1.82) is 0 Å². The van der Waals surface area contributed by atoms with Crippen LogP contribution in [0.15, 0.2) is 84.9 Å². The molecule has 120 valence electrons. The molecular formula is C21H18ClNO. The molecule has 0 aliphatic rings. The van der Waals surface area contributed by atoms with Crippen molar-refractivity contribution in [3.05, 3.63) is 101 Å². The number of Topliss-reactive ketones (excluding diaryl/α,β-unsaturated/α-hetero) is 1. The zero-order valence-electron chi connectivity index (χ0n) is 13.2. The van der Waals surface area contributed by atoms with Gasteiger partial charge in [0.25, 0.3) is 0 Å². The Balaban J connectivity index is 1.82. The van der Waals surface area contributed by atoms with Crippen LogP contribution in [0.5, 0.6) is 0 Å². The third-order valence-electron chi connectivity index (χ3n) is 3.87. The van der Waals surface area contributed by atoms with Gasteiger partial charge in [-0.25, -0.2) is 0 Å². The molecule has 0 amide bonds. The summed E-state index contributed by atoms with van der Waals surface area (Å²) in [4.78, 5) is 12.6. The Morgan fingerprint density at radius 3 is 2.04 bits per heavy atom. The standard InChI is InChI=1S/C21H18ClNO/c22-18-11-13-19(14-12-18)23-20(16-7-3-1-4-8-16)15-21(24)17-9-5-2-6-10-17/h1-14,20,23H,15H2/t20-/m1/s1. The van der Waals surface area contributed by atoms with Gasteiger partial charge in [0, 0.05) is 22.7 Å². The summed E-state index contributed by atoms with van der Waals surface area (Å²) in [6.07, 6.45) is 0.386. The molecule has 1 N–H and O–H groups in total. The van der Waals surface area contributed by atoms with Crippen LogP contribution in [0, 0.1) is 0 Å². The van der Waals surface area contributed by atoms with Gasteiger partial charge in [0.15, 0.2) is 5.78 Å². The maximum Gasteiger partial charge on any atom is 0.165 e. The molecule has 3 heteroatoms. The summed E-state index contributed by atoms with van der Waals surface area (Å²) in [5.74, 6) is 0.117. The van der Waals surface area contributed by atoms with E-state index in [-0.39, 0.29) is 11.8 Å². The van der Waals surface area contributed by atoms with Crippen molar-refractivity contribution in [1.82, 2.24) is 0 Å². The number of rotatable bonds is 6. The third kappa shape index (κ3) is 4.24. The van der Waals surface area contributed by atoms with Crippen molar-refractivity contribution in [2.24, 2.45) is 0 Å². The molecule has 0 fully saturated rings. The number of halogens is 1. The van der Waals surface area contributed by atoms with Crippen molar-refractivity contribution in [2.45, 2.75) is 12.5 Å². The fourth-order valence-corrected chi connectivity index (χ4v) is 2.74. The molecule has 3 aromatic carbocycles. The minimum Gasteiger partial charge on any atom is -0.378 e. The quantitative estimate of drug-likeness (QED) is 0.580. The maximum absolute atomic E-state index is 12.6. The molecule has 0 heterocycles. The molecule has 3 aromatic rings. The van der Waals surface area contributed by atoms with Crippen molar-refractivity contribution in [3.8, 4) is 0 Å². The van der Waals surface area contributed by atoms with Gasteiger partial charge in [-0.1, -0.05) is 72.3 Å². The first-order chi connectivity index (χ1) is 11.7. The highest BCUT2D eigenvalue weighted by atomic mass is 35.5. The fourth-order valence-electron chi connectivity index (χ4n) is 2.61. The number of carbonyl (C=O) groups is 1. The molecule has 0 aliphatic carbocycles. The first kappa shape index (κ1) is 16.3. The lowest BCUT2D eigenvalue weighted by Gasteiger charge is -2.20. The van der Waals surface area contributed by atoms with Crippen molar-refractivity contribution < 1.29 is 4.79 Å². The second kappa shape index (κ2) is 7.80. The molecule has 0 aromatic heterocycles. The van der Waals surface area contributed by atoms with Gasteiger partial charge in [-0.15, -0.1) is 0 Å². The highest BCUT2D eigenvalue weighted by Crippen LogP contribution is 2.25. The number of carbonyl (C=O) groups excluding carboxylic acids is 1. The van der Waals surface area contributed by atoms with Crippen LogP contribution in [-0.4, -0.2) is 5.78 Å². The first-order valence-corrected chi connectivity index (χ1v) is 8.25. The van der Waals surface area contributed by atoms with Crippen LogP contribution in [0.25, 0.3) is 0 Å². The summed E-state index contributed by atoms with van der Waals surface area (Å²) in [5.41, 5.74) is 2.75. The van der Waals surface area contributed by atoms with Gasteiger partial charge < -0.3 is 5.32 Å². The number of nitrogens with one attached hydrogen (secondary N) is 1. The summed E-state index contributed by atoms with van der Waals surface area (Å²) in [5, 5.41) is 4.14. The Morgan fingerprint density at radius 2 is 1.42 bits per heavy atom. The molecule has 0 saturated carbocycles. The minimum absolute atomic E-state index is 0.0971. The average Bonchev–Trinajstić information content (AvgIpc) is 2.64. The van der Waals surface area contributed by atoms with Crippen molar-refractivity contribution >= 4 is 23.1 Å². The lowest BCUT2D eigenvalue weighted by atomic mass is 9.97. The number of ketones is 1. The van der Waals surface area contributed by atoms with E-state index in [0.29, 0.717) is 11.4 Å². The SMILES string of the molecule is O=C(C[C@@H](Nc1ccc(Cl)cc1)c1ccccc1)c1ccccc1. The van der Waals surface area contributed by atoms with Gasteiger partial charge in [0.2, 0.25) is 0 Å². The molecule has 0 bridgehead atoms. The van der Waals surface area contributed by atoms with E-state index in [1.54, 1.807) is 0 Å². The molecule has 2 nitrogen and oxygen atoms in total. The normalized spacial score (nSPS) is 11.7. The van der Waals surface area contributed by atoms with E-state index in [2.05, 4.69) is 5.32 Å². The Morgan fingerprint density at radius 1 is 0.833 bits per heavy atom. The van der Waals surface area contributed by atoms with Gasteiger partial charge in [-0.3, -0.25) is 4.79 Å². The average molecular weight is 336 g/mol. The van der Waals surface area contributed by atoms with Gasteiger partial charge in [-0.05, 0) is 29.8 Å². The molecule has 0 spiro atoms. The van der Waals surface area contributed by atoms with Crippen LogP contribution in [0.3, 0.4) is 0 Å². The smallest absolute Gasteiger partial charge is 0.165 e. The molecule has 0 saturated heterocycles. The minimum atomic E-state index is -0.0971. The summed E-state index contributed by atoms with van der Waals surface area (Å²) in [6, 6.07) is 26.8. The second-order valence-electron chi connectivity index (χ2n) is 5.61. The zero-order valence-corrected chi connectivity index (χ0v) is 13.9. The number of anilines is 1. The monoisotopic (exact) mass is 335 g/mol. The molecule has 24 heavy (non-hydrogen) atoms. The van der Waals surface area contributed by atoms with E-state index in [9.17, 15) is 4.79 Å². The molecule has 0 aliphatic heterocycles. The largest absolute Gasteiger partial charge is 0.378 e. The molecule has 1 atom stereocenters. The van der Waals surface area contributed by atoms with Crippen LogP contribution < -0.4 is 5.32 Å². The molecular weight excluding hydrogens is 318 g/mol. The summed E-state index contributed by atoms with van der Waals surface area (Å²) in [6.45, 7) is 0. The third-order valence-corrected chi connectivity index (χ3v) is 4.12.